The summed E-state index contributed by atoms with van der Waals surface area (Å²) in [4.78, 5) is 7.12. The molecule has 0 fully saturated rings. The summed E-state index contributed by atoms with van der Waals surface area (Å²) in [5.41, 5.74) is 5.03. The van der Waals surface area contributed by atoms with Crippen LogP contribution in [-0.4, -0.2) is 9.97 Å². The minimum atomic E-state index is -0.114. The van der Waals surface area contributed by atoms with Crippen LogP contribution in [0.15, 0.2) is 0 Å². The van der Waals surface area contributed by atoms with E-state index in [0.29, 0.717) is 0 Å². The molecule has 0 bridgehead atoms. The van der Waals surface area contributed by atoms with Crippen LogP contribution in [0.25, 0.3) is 0 Å². The number of anilines is 1. The maximum absolute atomic E-state index is 8.46. The molecule has 0 aromatic carbocycles. The van der Waals surface area contributed by atoms with Crippen LogP contribution in [0.4, 0.5) is 5.82 Å². The lowest BCUT2D eigenvalue weighted by atomic mass is 10.3. The molecule has 0 spiro atoms. The lowest BCUT2D eigenvalue weighted by molar-refractivity contribution is 1.14. The van der Waals surface area contributed by atoms with Gasteiger partial charge in [-0.3, -0.25) is 0 Å². The maximum atomic E-state index is 8.46. The molecular weight excluding hydrogens is 178 g/mol. The summed E-state index contributed by atoms with van der Waals surface area (Å²) < 4.78 is 0. The molecule has 0 saturated heterocycles. The number of nitrogens with zero attached hydrogens (tertiary/aromatic N) is 4. The SMILES string of the molecule is N#Cc1nc(N)c(Cl)nc1C#N. The Morgan fingerprint density at radius 2 is 1.67 bits per heavy atom. The van der Waals surface area contributed by atoms with Crippen LogP contribution in [0, 0.1) is 22.7 Å². The average molecular weight is 180 g/mol. The molecule has 0 aliphatic heterocycles. The predicted octanol–water partition coefficient (Wildman–Crippen LogP) is 0.456. The van der Waals surface area contributed by atoms with Gasteiger partial charge in [0.2, 0.25) is 0 Å². The van der Waals surface area contributed by atoms with E-state index < -0.39 is 0 Å². The largest absolute Gasteiger partial charge is 0.381 e. The molecule has 0 aliphatic rings. The molecule has 0 unspecified atom stereocenters. The van der Waals surface area contributed by atoms with E-state index in [-0.39, 0.29) is 22.4 Å². The highest BCUT2D eigenvalue weighted by Crippen LogP contribution is 2.14. The zero-order chi connectivity index (χ0) is 9.14. The zero-order valence-corrected chi connectivity index (χ0v) is 6.50. The molecule has 0 aliphatic carbocycles. The van der Waals surface area contributed by atoms with Gasteiger partial charge in [0, 0.05) is 0 Å². The average Bonchev–Trinajstić information content (AvgIpc) is 2.09. The molecule has 1 heterocycles. The second-order valence-electron chi connectivity index (χ2n) is 1.82. The molecule has 12 heavy (non-hydrogen) atoms. The monoisotopic (exact) mass is 179 g/mol. The van der Waals surface area contributed by atoms with E-state index in [1.165, 1.54) is 0 Å². The molecule has 0 amide bonds. The van der Waals surface area contributed by atoms with Crippen LogP contribution in [0.3, 0.4) is 0 Å². The Kier molecular flexibility index (Phi) is 2.09. The van der Waals surface area contributed by atoms with Crippen molar-refractivity contribution in [3.8, 4) is 12.1 Å². The van der Waals surface area contributed by atoms with Gasteiger partial charge < -0.3 is 5.73 Å². The molecule has 2 N–H and O–H groups in total. The first-order valence-electron chi connectivity index (χ1n) is 2.82. The Balaban J connectivity index is 3.44. The standard InChI is InChI=1S/C6H2ClN5/c7-5-6(10)12-4(2-9)3(1-8)11-5/h(H2,10,12). The minimum Gasteiger partial charge on any atom is -0.381 e. The van der Waals surface area contributed by atoms with E-state index in [2.05, 4.69) is 9.97 Å². The van der Waals surface area contributed by atoms with E-state index >= 15 is 0 Å². The van der Waals surface area contributed by atoms with Crippen LogP contribution in [0.2, 0.25) is 5.15 Å². The van der Waals surface area contributed by atoms with Gasteiger partial charge in [0.05, 0.1) is 0 Å². The van der Waals surface area contributed by atoms with Crippen molar-refractivity contribution < 1.29 is 0 Å². The first-order valence-corrected chi connectivity index (χ1v) is 3.20. The van der Waals surface area contributed by atoms with Crippen molar-refractivity contribution >= 4 is 17.4 Å². The molecule has 58 valence electrons. The number of aromatic nitrogens is 2. The van der Waals surface area contributed by atoms with E-state index in [1.54, 1.807) is 12.1 Å². The normalized spacial score (nSPS) is 8.58. The molecule has 5 nitrogen and oxygen atoms in total. The van der Waals surface area contributed by atoms with Gasteiger partial charge in [0.15, 0.2) is 22.4 Å². The molecule has 1 aromatic rings. The number of rotatable bonds is 0. The van der Waals surface area contributed by atoms with Crippen molar-refractivity contribution in [3.05, 3.63) is 16.5 Å². The van der Waals surface area contributed by atoms with E-state index in [9.17, 15) is 0 Å². The Morgan fingerprint density at radius 3 is 2.17 bits per heavy atom. The van der Waals surface area contributed by atoms with Gasteiger partial charge >= 0.3 is 0 Å². The van der Waals surface area contributed by atoms with Crippen LogP contribution in [0.5, 0.6) is 0 Å². The summed E-state index contributed by atoms with van der Waals surface area (Å²) in [7, 11) is 0. The fraction of sp³-hybridized carbons (Fsp3) is 0. The summed E-state index contributed by atoms with van der Waals surface area (Å²) in [6.07, 6.45) is 0. The fourth-order valence-corrected chi connectivity index (χ4v) is 0.711. The van der Waals surface area contributed by atoms with Gasteiger partial charge in [0.25, 0.3) is 0 Å². The van der Waals surface area contributed by atoms with Gasteiger partial charge in [0.1, 0.15) is 12.1 Å². The van der Waals surface area contributed by atoms with Crippen molar-refractivity contribution in [3.63, 3.8) is 0 Å². The zero-order valence-electron chi connectivity index (χ0n) is 5.74. The van der Waals surface area contributed by atoms with Crippen LogP contribution < -0.4 is 5.73 Å². The highest BCUT2D eigenvalue weighted by molar-refractivity contribution is 6.31. The number of halogens is 1. The molecule has 0 atom stereocenters. The number of nitriles is 2. The second-order valence-corrected chi connectivity index (χ2v) is 2.18. The summed E-state index contributed by atoms with van der Waals surface area (Å²) >= 11 is 5.46. The van der Waals surface area contributed by atoms with Gasteiger partial charge in [-0.2, -0.15) is 10.5 Å². The Labute approximate surface area is 73.0 Å². The summed E-state index contributed by atoms with van der Waals surface area (Å²) in [6.45, 7) is 0. The number of hydrogen-bond acceptors (Lipinski definition) is 5. The van der Waals surface area contributed by atoms with Gasteiger partial charge in [-0.1, -0.05) is 11.6 Å². The third kappa shape index (κ3) is 1.26. The topological polar surface area (TPSA) is 99.4 Å². The van der Waals surface area contributed by atoms with Gasteiger partial charge in [-0.05, 0) is 0 Å². The summed E-state index contributed by atoms with van der Waals surface area (Å²) in [6, 6.07) is 3.36. The summed E-state index contributed by atoms with van der Waals surface area (Å²) in [5.74, 6) is -0.0489. The second kappa shape index (κ2) is 3.04. The smallest absolute Gasteiger partial charge is 0.179 e. The minimum absolute atomic E-state index is 0.0489. The molecule has 1 rings (SSSR count). The first-order chi connectivity index (χ1) is 5.69. The van der Waals surface area contributed by atoms with Crippen molar-refractivity contribution in [2.45, 2.75) is 0 Å². The fourth-order valence-electron chi connectivity index (χ4n) is 0.584. The first kappa shape index (κ1) is 8.25. The third-order valence-electron chi connectivity index (χ3n) is 1.09. The Morgan fingerprint density at radius 1 is 1.17 bits per heavy atom. The van der Waals surface area contributed by atoms with Crippen LogP contribution in [-0.2, 0) is 0 Å². The van der Waals surface area contributed by atoms with Crippen molar-refractivity contribution in [1.29, 1.82) is 10.5 Å². The van der Waals surface area contributed by atoms with Crippen LogP contribution in [0.1, 0.15) is 11.4 Å². The number of nitrogens with two attached hydrogens (primary N) is 1. The molecule has 0 saturated carbocycles. The van der Waals surface area contributed by atoms with E-state index in [4.69, 9.17) is 27.9 Å². The number of hydrogen-bond donors (Lipinski definition) is 1. The van der Waals surface area contributed by atoms with Gasteiger partial charge in [-0.15, -0.1) is 0 Å². The Hall–Kier alpha value is -1.85. The highest BCUT2D eigenvalue weighted by Gasteiger charge is 2.08. The highest BCUT2D eigenvalue weighted by atomic mass is 35.5. The van der Waals surface area contributed by atoms with E-state index in [1.807, 2.05) is 0 Å². The van der Waals surface area contributed by atoms with Crippen molar-refractivity contribution in [2.24, 2.45) is 0 Å². The maximum Gasteiger partial charge on any atom is 0.179 e. The summed E-state index contributed by atoms with van der Waals surface area (Å²) in [5, 5.41) is 16.9. The van der Waals surface area contributed by atoms with Crippen molar-refractivity contribution in [1.82, 2.24) is 9.97 Å². The lowest BCUT2D eigenvalue weighted by Gasteiger charge is -1.96. The Bertz CT molecular complexity index is 361. The molecule has 6 heteroatoms. The molecule has 1 aromatic heterocycles. The van der Waals surface area contributed by atoms with Crippen molar-refractivity contribution in [2.75, 3.05) is 5.73 Å². The van der Waals surface area contributed by atoms with Gasteiger partial charge in [-0.25, -0.2) is 9.97 Å². The predicted molar refractivity (Wildman–Crippen MR) is 40.9 cm³/mol. The van der Waals surface area contributed by atoms with Crippen LogP contribution >= 0.6 is 11.6 Å². The van der Waals surface area contributed by atoms with E-state index in [0.717, 1.165) is 0 Å². The molecule has 0 radical (unpaired) electrons. The quantitative estimate of drug-likeness (QED) is 0.624. The molecular formula is C6H2ClN5. The number of nitrogen functional groups attached to an aromatic ring is 1. The lowest BCUT2D eigenvalue weighted by Crippen LogP contribution is -2.00. The third-order valence-corrected chi connectivity index (χ3v) is 1.37.